The molecule has 4 rings (SSSR count). The first kappa shape index (κ1) is 14.5. The van der Waals surface area contributed by atoms with Crippen LogP contribution in [0.4, 0.5) is 11.4 Å². The topological polar surface area (TPSA) is 58.2 Å². The molecule has 2 atom stereocenters. The first-order valence-electron chi connectivity index (χ1n) is 7.90. The molecule has 2 aromatic rings. The summed E-state index contributed by atoms with van der Waals surface area (Å²) in [5.41, 5.74) is 2.76. The van der Waals surface area contributed by atoms with Gasteiger partial charge in [-0.25, -0.2) is 0 Å². The molecule has 1 aromatic heterocycles. The van der Waals surface area contributed by atoms with Crippen LogP contribution in [0.25, 0.3) is 0 Å². The zero-order chi connectivity index (χ0) is 16.0. The van der Waals surface area contributed by atoms with Crippen molar-refractivity contribution in [1.29, 1.82) is 0 Å². The number of carbonyl (C=O) groups is 2. The van der Waals surface area contributed by atoms with E-state index in [0.29, 0.717) is 12.3 Å². The van der Waals surface area contributed by atoms with Gasteiger partial charge in [0.05, 0.1) is 0 Å². The van der Waals surface area contributed by atoms with Crippen LogP contribution in [0, 0.1) is 12.8 Å². The molecule has 2 heterocycles. The Kier molecular flexibility index (Phi) is 3.45. The molecule has 118 valence electrons. The monoisotopic (exact) mass is 326 g/mol. The van der Waals surface area contributed by atoms with Crippen LogP contribution in [-0.2, 0) is 16.0 Å². The molecule has 1 fully saturated rings. The van der Waals surface area contributed by atoms with Crippen LogP contribution in [0.1, 0.15) is 34.1 Å². The number of anilines is 2. The molecule has 0 saturated heterocycles. The maximum absolute atomic E-state index is 12.4. The van der Waals surface area contributed by atoms with Crippen LogP contribution in [0.5, 0.6) is 0 Å². The number of thiophene rings is 1. The van der Waals surface area contributed by atoms with E-state index in [9.17, 15) is 9.59 Å². The number of rotatable bonds is 3. The Morgan fingerprint density at radius 3 is 2.91 bits per heavy atom. The highest BCUT2D eigenvalue weighted by Crippen LogP contribution is 2.50. The average molecular weight is 326 g/mol. The Morgan fingerprint density at radius 1 is 1.26 bits per heavy atom. The molecule has 2 aliphatic rings. The van der Waals surface area contributed by atoms with Gasteiger partial charge in [0.15, 0.2) is 0 Å². The molecular weight excluding hydrogens is 308 g/mol. The number of benzene rings is 1. The van der Waals surface area contributed by atoms with Crippen molar-refractivity contribution in [3.05, 3.63) is 45.6 Å². The van der Waals surface area contributed by atoms with Crippen LogP contribution in [0.15, 0.2) is 30.3 Å². The number of carbonyl (C=O) groups excluding carboxylic acids is 2. The largest absolute Gasteiger partial charge is 0.326 e. The van der Waals surface area contributed by atoms with E-state index in [2.05, 4.69) is 29.7 Å². The SMILES string of the molecule is Cc1ccc([C@H]2C[C@@H]2C(=O)Nc2ccc3c(c2)CCC(=O)N3)s1. The number of amides is 2. The predicted octanol–water partition coefficient (Wildman–Crippen LogP) is 3.68. The fourth-order valence-electron chi connectivity index (χ4n) is 3.15. The van der Waals surface area contributed by atoms with Crippen LogP contribution in [0.3, 0.4) is 0 Å². The van der Waals surface area contributed by atoms with Gasteiger partial charge in [-0.3, -0.25) is 9.59 Å². The fourth-order valence-corrected chi connectivity index (χ4v) is 4.20. The first-order chi connectivity index (χ1) is 11.1. The van der Waals surface area contributed by atoms with Crippen molar-refractivity contribution in [3.63, 3.8) is 0 Å². The minimum Gasteiger partial charge on any atom is -0.326 e. The molecule has 1 aliphatic carbocycles. The lowest BCUT2D eigenvalue weighted by atomic mass is 10.0. The highest BCUT2D eigenvalue weighted by molar-refractivity contribution is 7.12. The highest BCUT2D eigenvalue weighted by atomic mass is 32.1. The van der Waals surface area contributed by atoms with E-state index in [1.54, 1.807) is 11.3 Å². The molecule has 2 N–H and O–H groups in total. The van der Waals surface area contributed by atoms with Gasteiger partial charge in [-0.2, -0.15) is 0 Å². The summed E-state index contributed by atoms with van der Waals surface area (Å²) in [6.07, 6.45) is 2.17. The second-order valence-corrected chi connectivity index (χ2v) is 7.63. The van der Waals surface area contributed by atoms with Gasteiger partial charge in [0, 0.05) is 39.4 Å². The molecule has 1 aliphatic heterocycles. The Hall–Kier alpha value is -2.14. The highest BCUT2D eigenvalue weighted by Gasteiger charge is 2.44. The Bertz CT molecular complexity index is 796. The normalized spacial score (nSPS) is 22.2. The summed E-state index contributed by atoms with van der Waals surface area (Å²) in [5.74, 6) is 0.622. The van der Waals surface area contributed by atoms with Crippen molar-refractivity contribution in [2.45, 2.75) is 32.1 Å². The molecule has 0 unspecified atom stereocenters. The van der Waals surface area contributed by atoms with E-state index in [0.717, 1.165) is 29.8 Å². The summed E-state index contributed by atoms with van der Waals surface area (Å²) in [5, 5.41) is 5.88. The molecule has 2 amide bonds. The summed E-state index contributed by atoms with van der Waals surface area (Å²) in [6, 6.07) is 9.95. The standard InChI is InChI=1S/C18H18N2O2S/c1-10-2-6-16(23-10)13-9-14(13)18(22)19-12-4-5-15-11(8-12)3-7-17(21)20-15/h2,4-6,8,13-14H,3,7,9H2,1H3,(H,19,22)(H,20,21)/t13-,14-/m0/s1. The Morgan fingerprint density at radius 2 is 2.13 bits per heavy atom. The smallest absolute Gasteiger partial charge is 0.228 e. The van der Waals surface area contributed by atoms with Crippen molar-refractivity contribution in [2.75, 3.05) is 10.6 Å². The number of nitrogens with one attached hydrogen (secondary N) is 2. The summed E-state index contributed by atoms with van der Waals surface area (Å²) in [4.78, 5) is 26.4. The Labute approximate surface area is 138 Å². The van der Waals surface area contributed by atoms with E-state index in [4.69, 9.17) is 0 Å². The van der Waals surface area contributed by atoms with Crippen molar-refractivity contribution < 1.29 is 9.59 Å². The summed E-state index contributed by atoms with van der Waals surface area (Å²) >= 11 is 1.78. The minimum atomic E-state index is 0.0568. The van der Waals surface area contributed by atoms with E-state index in [-0.39, 0.29) is 17.7 Å². The van der Waals surface area contributed by atoms with Crippen molar-refractivity contribution >= 4 is 34.5 Å². The molecule has 1 saturated carbocycles. The number of hydrogen-bond acceptors (Lipinski definition) is 3. The number of hydrogen-bond donors (Lipinski definition) is 2. The third kappa shape index (κ3) is 2.88. The molecule has 5 heteroatoms. The third-order valence-electron chi connectivity index (χ3n) is 4.52. The molecule has 1 aromatic carbocycles. The van der Waals surface area contributed by atoms with Crippen molar-refractivity contribution in [3.8, 4) is 0 Å². The van der Waals surface area contributed by atoms with Gasteiger partial charge in [-0.1, -0.05) is 0 Å². The maximum atomic E-state index is 12.4. The number of aryl methyl sites for hydroxylation is 2. The molecular formula is C18H18N2O2S. The average Bonchev–Trinajstić information content (AvgIpc) is 3.22. The van der Waals surface area contributed by atoms with Crippen molar-refractivity contribution in [1.82, 2.24) is 0 Å². The van der Waals surface area contributed by atoms with Gasteiger partial charge in [-0.05, 0) is 55.7 Å². The maximum Gasteiger partial charge on any atom is 0.228 e. The Balaban J connectivity index is 1.43. The van der Waals surface area contributed by atoms with E-state index >= 15 is 0 Å². The number of fused-ring (bicyclic) bond motifs is 1. The van der Waals surface area contributed by atoms with Crippen molar-refractivity contribution in [2.24, 2.45) is 5.92 Å². The first-order valence-corrected chi connectivity index (χ1v) is 8.72. The van der Waals surface area contributed by atoms with Gasteiger partial charge >= 0.3 is 0 Å². The predicted molar refractivity (Wildman–Crippen MR) is 91.9 cm³/mol. The fraction of sp³-hybridized carbons (Fsp3) is 0.333. The van der Waals surface area contributed by atoms with Crippen LogP contribution in [0.2, 0.25) is 0 Å². The second kappa shape index (κ2) is 5.49. The van der Waals surface area contributed by atoms with Gasteiger partial charge in [0.25, 0.3) is 0 Å². The molecule has 0 spiro atoms. The molecule has 0 radical (unpaired) electrons. The van der Waals surface area contributed by atoms with Gasteiger partial charge in [0.2, 0.25) is 11.8 Å². The zero-order valence-electron chi connectivity index (χ0n) is 12.9. The van der Waals surface area contributed by atoms with Crippen LogP contribution >= 0.6 is 11.3 Å². The van der Waals surface area contributed by atoms with Crippen LogP contribution in [-0.4, -0.2) is 11.8 Å². The third-order valence-corrected chi connectivity index (χ3v) is 5.65. The quantitative estimate of drug-likeness (QED) is 0.904. The lowest BCUT2D eigenvalue weighted by Crippen LogP contribution is -2.20. The molecule has 4 nitrogen and oxygen atoms in total. The summed E-state index contributed by atoms with van der Waals surface area (Å²) in [6.45, 7) is 2.09. The minimum absolute atomic E-state index is 0.0568. The van der Waals surface area contributed by atoms with Crippen LogP contribution < -0.4 is 10.6 Å². The van der Waals surface area contributed by atoms with Gasteiger partial charge < -0.3 is 10.6 Å². The lowest BCUT2D eigenvalue weighted by molar-refractivity contribution is -0.117. The summed E-state index contributed by atoms with van der Waals surface area (Å²) < 4.78 is 0. The second-order valence-electron chi connectivity index (χ2n) is 6.31. The zero-order valence-corrected chi connectivity index (χ0v) is 13.7. The summed E-state index contributed by atoms with van der Waals surface area (Å²) in [7, 11) is 0. The van der Waals surface area contributed by atoms with E-state index in [1.807, 2.05) is 18.2 Å². The molecule has 23 heavy (non-hydrogen) atoms. The molecule has 0 bridgehead atoms. The van der Waals surface area contributed by atoms with Gasteiger partial charge in [-0.15, -0.1) is 11.3 Å². The van der Waals surface area contributed by atoms with E-state index in [1.165, 1.54) is 9.75 Å². The van der Waals surface area contributed by atoms with E-state index < -0.39 is 0 Å². The van der Waals surface area contributed by atoms with Gasteiger partial charge in [0.1, 0.15) is 0 Å². The lowest BCUT2D eigenvalue weighted by Gasteiger charge is -2.17.